The summed E-state index contributed by atoms with van der Waals surface area (Å²) in [7, 11) is 0. The number of carbonyl (C=O) groups is 1. The van der Waals surface area contributed by atoms with E-state index in [2.05, 4.69) is 41.5 Å². The molecule has 0 atom stereocenters. The Balaban J connectivity index is 1.53. The van der Waals surface area contributed by atoms with Gasteiger partial charge in [0, 0.05) is 18.7 Å². The van der Waals surface area contributed by atoms with Crippen LogP contribution in [0.4, 0.5) is 0 Å². The maximum atomic E-state index is 12.2. The minimum atomic E-state index is 0.0144. The molecular formula is C21H24N4OS. The number of hydrogen-bond donors (Lipinski definition) is 1. The summed E-state index contributed by atoms with van der Waals surface area (Å²) in [6.07, 6.45) is 0.840. The number of carbonyl (C=O) groups excluding carboxylic acids is 1. The number of rotatable bonds is 8. The van der Waals surface area contributed by atoms with Gasteiger partial charge in [0.2, 0.25) is 5.91 Å². The SMILES string of the molecule is CCn1c(SCC(=O)NCCc2ccccc2C)nnc1-c1ccccc1. The summed E-state index contributed by atoms with van der Waals surface area (Å²) in [5.74, 6) is 1.18. The lowest BCUT2D eigenvalue weighted by Crippen LogP contribution is -2.27. The molecule has 0 spiro atoms. The maximum absolute atomic E-state index is 12.2. The first-order chi connectivity index (χ1) is 13.2. The van der Waals surface area contributed by atoms with E-state index in [0.717, 1.165) is 29.5 Å². The van der Waals surface area contributed by atoms with Gasteiger partial charge < -0.3 is 9.88 Å². The maximum Gasteiger partial charge on any atom is 0.230 e. The van der Waals surface area contributed by atoms with Crippen molar-refractivity contribution in [3.63, 3.8) is 0 Å². The van der Waals surface area contributed by atoms with Gasteiger partial charge in [-0.15, -0.1) is 10.2 Å². The number of benzene rings is 2. The van der Waals surface area contributed by atoms with Crippen LogP contribution < -0.4 is 5.32 Å². The third-order valence-electron chi connectivity index (χ3n) is 4.38. The fraction of sp³-hybridized carbons (Fsp3) is 0.286. The summed E-state index contributed by atoms with van der Waals surface area (Å²) < 4.78 is 2.04. The number of amides is 1. The van der Waals surface area contributed by atoms with Crippen LogP contribution in [0.3, 0.4) is 0 Å². The standard InChI is InChI=1S/C21H24N4OS/c1-3-25-20(18-11-5-4-6-12-18)23-24-21(25)27-15-19(26)22-14-13-17-10-8-7-9-16(17)2/h4-12H,3,13-15H2,1-2H3,(H,22,26). The zero-order valence-corrected chi connectivity index (χ0v) is 16.5. The van der Waals surface area contributed by atoms with Crippen molar-refractivity contribution in [3.05, 3.63) is 65.7 Å². The van der Waals surface area contributed by atoms with Crippen molar-refractivity contribution in [2.24, 2.45) is 0 Å². The molecule has 0 radical (unpaired) electrons. The number of nitrogens with one attached hydrogen (secondary N) is 1. The van der Waals surface area contributed by atoms with Crippen molar-refractivity contribution in [2.45, 2.75) is 32.0 Å². The fourth-order valence-corrected chi connectivity index (χ4v) is 3.72. The number of aromatic nitrogens is 3. The highest BCUT2D eigenvalue weighted by Crippen LogP contribution is 2.23. The fourth-order valence-electron chi connectivity index (χ4n) is 2.89. The minimum Gasteiger partial charge on any atom is -0.355 e. The van der Waals surface area contributed by atoms with Crippen molar-refractivity contribution < 1.29 is 4.79 Å². The van der Waals surface area contributed by atoms with Gasteiger partial charge in [-0.25, -0.2) is 0 Å². The summed E-state index contributed by atoms with van der Waals surface area (Å²) in [6.45, 7) is 5.55. The number of aryl methyl sites for hydroxylation is 1. The van der Waals surface area contributed by atoms with E-state index in [1.165, 1.54) is 22.9 Å². The van der Waals surface area contributed by atoms with Crippen LogP contribution in [0.1, 0.15) is 18.1 Å². The van der Waals surface area contributed by atoms with Crippen LogP contribution in [0, 0.1) is 6.92 Å². The first-order valence-corrected chi connectivity index (χ1v) is 10.1. The lowest BCUT2D eigenvalue weighted by molar-refractivity contribution is -0.118. The molecule has 6 heteroatoms. The molecule has 27 heavy (non-hydrogen) atoms. The summed E-state index contributed by atoms with van der Waals surface area (Å²) >= 11 is 1.42. The predicted octanol–water partition coefficient (Wildman–Crippen LogP) is 3.72. The highest BCUT2D eigenvalue weighted by atomic mass is 32.2. The molecule has 3 aromatic rings. The molecule has 0 saturated carbocycles. The Bertz CT molecular complexity index is 892. The van der Waals surface area contributed by atoms with Crippen LogP contribution in [-0.2, 0) is 17.8 Å². The first kappa shape index (κ1) is 19.2. The highest BCUT2D eigenvalue weighted by molar-refractivity contribution is 7.99. The molecule has 0 aliphatic carbocycles. The van der Waals surface area contributed by atoms with Gasteiger partial charge in [0.15, 0.2) is 11.0 Å². The predicted molar refractivity (Wildman–Crippen MR) is 110 cm³/mol. The van der Waals surface area contributed by atoms with Crippen LogP contribution in [0.5, 0.6) is 0 Å². The molecular weight excluding hydrogens is 356 g/mol. The Morgan fingerprint density at radius 2 is 1.81 bits per heavy atom. The molecule has 1 heterocycles. The first-order valence-electron chi connectivity index (χ1n) is 9.11. The van der Waals surface area contributed by atoms with E-state index in [0.29, 0.717) is 12.3 Å². The van der Waals surface area contributed by atoms with Gasteiger partial charge in [-0.05, 0) is 31.4 Å². The second-order valence-corrected chi connectivity index (χ2v) is 7.17. The molecule has 0 saturated heterocycles. The van der Waals surface area contributed by atoms with E-state index in [9.17, 15) is 4.79 Å². The molecule has 0 bridgehead atoms. The number of hydrogen-bond acceptors (Lipinski definition) is 4. The minimum absolute atomic E-state index is 0.0144. The largest absolute Gasteiger partial charge is 0.355 e. The molecule has 0 aliphatic heterocycles. The van der Waals surface area contributed by atoms with Gasteiger partial charge >= 0.3 is 0 Å². The zero-order chi connectivity index (χ0) is 19.1. The Kier molecular flexibility index (Phi) is 6.65. The van der Waals surface area contributed by atoms with E-state index >= 15 is 0 Å². The third-order valence-corrected chi connectivity index (χ3v) is 5.34. The Morgan fingerprint density at radius 3 is 2.56 bits per heavy atom. The van der Waals surface area contributed by atoms with Crippen LogP contribution in [0.25, 0.3) is 11.4 Å². The smallest absolute Gasteiger partial charge is 0.230 e. The molecule has 0 fully saturated rings. The van der Waals surface area contributed by atoms with E-state index in [-0.39, 0.29) is 5.91 Å². The topological polar surface area (TPSA) is 59.8 Å². The van der Waals surface area contributed by atoms with Gasteiger partial charge in [-0.3, -0.25) is 4.79 Å². The Hall–Kier alpha value is -2.60. The van der Waals surface area contributed by atoms with Crippen LogP contribution in [-0.4, -0.2) is 33.0 Å². The number of nitrogens with zero attached hydrogens (tertiary/aromatic N) is 3. The van der Waals surface area contributed by atoms with Crippen molar-refractivity contribution in [2.75, 3.05) is 12.3 Å². The summed E-state index contributed by atoms with van der Waals surface area (Å²) in [5.41, 5.74) is 3.55. The highest BCUT2D eigenvalue weighted by Gasteiger charge is 2.14. The average Bonchev–Trinajstić information content (AvgIpc) is 3.11. The van der Waals surface area contributed by atoms with Crippen molar-refractivity contribution in [3.8, 4) is 11.4 Å². The van der Waals surface area contributed by atoms with Crippen molar-refractivity contribution in [1.82, 2.24) is 20.1 Å². The van der Waals surface area contributed by atoms with Crippen LogP contribution in [0.15, 0.2) is 59.8 Å². The molecule has 0 aliphatic rings. The third kappa shape index (κ3) is 4.98. The normalized spacial score (nSPS) is 10.7. The van der Waals surface area contributed by atoms with Crippen molar-refractivity contribution >= 4 is 17.7 Å². The summed E-state index contributed by atoms with van der Waals surface area (Å²) in [6, 6.07) is 18.2. The Morgan fingerprint density at radius 1 is 1.07 bits per heavy atom. The van der Waals surface area contributed by atoms with E-state index in [1.54, 1.807) is 0 Å². The van der Waals surface area contributed by atoms with Gasteiger partial charge in [-0.2, -0.15) is 0 Å². The van der Waals surface area contributed by atoms with Gasteiger partial charge in [-0.1, -0.05) is 66.4 Å². The molecule has 140 valence electrons. The number of thioether (sulfide) groups is 1. The molecule has 2 aromatic carbocycles. The molecule has 1 aromatic heterocycles. The monoisotopic (exact) mass is 380 g/mol. The molecule has 1 N–H and O–H groups in total. The van der Waals surface area contributed by atoms with Gasteiger partial charge in [0.05, 0.1) is 5.75 Å². The molecule has 3 rings (SSSR count). The van der Waals surface area contributed by atoms with E-state index in [1.807, 2.05) is 47.0 Å². The quantitative estimate of drug-likeness (QED) is 0.605. The second kappa shape index (κ2) is 9.37. The van der Waals surface area contributed by atoms with Gasteiger partial charge in [0.25, 0.3) is 0 Å². The lowest BCUT2D eigenvalue weighted by Gasteiger charge is -2.08. The van der Waals surface area contributed by atoms with E-state index in [4.69, 9.17) is 0 Å². The van der Waals surface area contributed by atoms with Crippen LogP contribution >= 0.6 is 11.8 Å². The second-order valence-electron chi connectivity index (χ2n) is 6.23. The molecule has 1 amide bonds. The van der Waals surface area contributed by atoms with E-state index < -0.39 is 0 Å². The Labute approximate surface area is 164 Å². The van der Waals surface area contributed by atoms with Crippen LogP contribution in [0.2, 0.25) is 0 Å². The molecule has 0 unspecified atom stereocenters. The zero-order valence-electron chi connectivity index (χ0n) is 15.7. The van der Waals surface area contributed by atoms with Gasteiger partial charge in [0.1, 0.15) is 0 Å². The summed E-state index contributed by atoms with van der Waals surface area (Å²) in [4.78, 5) is 12.2. The van der Waals surface area contributed by atoms with Crippen molar-refractivity contribution in [1.29, 1.82) is 0 Å². The average molecular weight is 381 g/mol. The summed E-state index contributed by atoms with van der Waals surface area (Å²) in [5, 5.41) is 12.3. The molecule has 5 nitrogen and oxygen atoms in total. The lowest BCUT2D eigenvalue weighted by atomic mass is 10.1.